The van der Waals surface area contributed by atoms with Crippen LogP contribution >= 0.6 is 0 Å². The van der Waals surface area contributed by atoms with E-state index in [2.05, 4.69) is 43.4 Å². The molecule has 3 rings (SSSR count). The Balaban J connectivity index is 1.84. The van der Waals surface area contributed by atoms with Gasteiger partial charge in [0.15, 0.2) is 0 Å². The standard InChI is InChI=1S/C27H35N3O3/c1-19(2)17-24(27(32)29-15-14-28)33-26(21-7-5-4-6-8-21)22-11-9-20(10-12-22)23-13-16-30(3)25(31)18-23/h4-12,19,23-26,31H,13,15-18H2,1-3H3,(H,29,32)/t23?,24-,25?,26+/m0/s1. The second-order valence-electron chi connectivity index (χ2n) is 9.27. The average molecular weight is 450 g/mol. The summed E-state index contributed by atoms with van der Waals surface area (Å²) in [5, 5.41) is 21.7. The van der Waals surface area contributed by atoms with Gasteiger partial charge in [-0.25, -0.2) is 0 Å². The Bertz CT molecular complexity index is 924. The maximum atomic E-state index is 12.7. The fraction of sp³-hybridized carbons (Fsp3) is 0.481. The van der Waals surface area contributed by atoms with Crippen LogP contribution in [-0.4, -0.2) is 48.4 Å². The number of hydrogen-bond donors (Lipinski definition) is 2. The molecule has 1 fully saturated rings. The number of rotatable bonds is 9. The number of carbonyl (C=O) groups is 1. The monoisotopic (exact) mass is 449 g/mol. The predicted octanol–water partition coefficient (Wildman–Crippen LogP) is 3.97. The minimum Gasteiger partial charge on any atom is -0.378 e. The second kappa shape index (κ2) is 11.9. The van der Waals surface area contributed by atoms with E-state index in [0.717, 1.165) is 30.5 Å². The summed E-state index contributed by atoms with van der Waals surface area (Å²) in [7, 11) is 1.95. The molecule has 0 radical (unpaired) electrons. The van der Waals surface area contributed by atoms with Crippen molar-refractivity contribution in [3.63, 3.8) is 0 Å². The van der Waals surface area contributed by atoms with E-state index >= 15 is 0 Å². The number of amides is 1. The lowest BCUT2D eigenvalue weighted by Crippen LogP contribution is -2.38. The maximum Gasteiger partial charge on any atom is 0.250 e. The van der Waals surface area contributed by atoms with Crippen LogP contribution in [0.1, 0.15) is 61.8 Å². The molecular weight excluding hydrogens is 414 g/mol. The topological polar surface area (TPSA) is 85.6 Å². The van der Waals surface area contributed by atoms with Gasteiger partial charge in [-0.2, -0.15) is 5.26 Å². The third-order valence-corrected chi connectivity index (χ3v) is 6.27. The zero-order valence-electron chi connectivity index (χ0n) is 19.8. The summed E-state index contributed by atoms with van der Waals surface area (Å²) in [6.07, 6.45) is 0.830. The van der Waals surface area contributed by atoms with Crippen LogP contribution in [0.15, 0.2) is 54.6 Å². The third kappa shape index (κ3) is 6.88. The van der Waals surface area contributed by atoms with Crippen molar-refractivity contribution in [2.75, 3.05) is 20.1 Å². The SMILES string of the molecule is CC(C)C[C@H](O[C@H](c1ccccc1)c1ccc(C2CCN(C)C(O)C2)cc1)C(=O)NCC#N. The number of nitrogens with one attached hydrogen (secondary N) is 1. The van der Waals surface area contributed by atoms with Gasteiger partial charge < -0.3 is 15.2 Å². The van der Waals surface area contributed by atoms with Crippen LogP contribution < -0.4 is 5.32 Å². The molecular formula is C27H35N3O3. The molecule has 0 aliphatic carbocycles. The van der Waals surface area contributed by atoms with E-state index in [0.29, 0.717) is 12.3 Å². The highest BCUT2D eigenvalue weighted by molar-refractivity contribution is 5.81. The van der Waals surface area contributed by atoms with Crippen molar-refractivity contribution in [1.29, 1.82) is 5.26 Å². The van der Waals surface area contributed by atoms with Crippen LogP contribution in [0.2, 0.25) is 0 Å². The Morgan fingerprint density at radius 3 is 2.45 bits per heavy atom. The van der Waals surface area contributed by atoms with Crippen molar-refractivity contribution < 1.29 is 14.6 Å². The number of aliphatic hydroxyl groups is 1. The lowest BCUT2D eigenvalue weighted by molar-refractivity contribution is -0.136. The number of carbonyl (C=O) groups excluding carboxylic acids is 1. The first-order valence-corrected chi connectivity index (χ1v) is 11.7. The molecule has 1 heterocycles. The van der Waals surface area contributed by atoms with Crippen molar-refractivity contribution in [3.05, 3.63) is 71.3 Å². The Morgan fingerprint density at radius 2 is 1.85 bits per heavy atom. The number of piperidine rings is 1. The molecule has 0 saturated carbocycles. The first-order chi connectivity index (χ1) is 15.9. The molecule has 1 saturated heterocycles. The molecule has 0 spiro atoms. The zero-order chi connectivity index (χ0) is 23.8. The Kier molecular flexibility index (Phi) is 9.02. The number of likely N-dealkylation sites (tertiary alicyclic amines) is 1. The van der Waals surface area contributed by atoms with Crippen molar-refractivity contribution in [3.8, 4) is 6.07 Å². The van der Waals surface area contributed by atoms with Crippen LogP contribution in [0.25, 0.3) is 0 Å². The van der Waals surface area contributed by atoms with Gasteiger partial charge in [-0.15, -0.1) is 0 Å². The molecule has 0 bridgehead atoms. The van der Waals surface area contributed by atoms with E-state index in [4.69, 9.17) is 10.00 Å². The summed E-state index contributed by atoms with van der Waals surface area (Å²) in [6, 6.07) is 20.2. The van der Waals surface area contributed by atoms with E-state index in [1.54, 1.807) is 0 Å². The first-order valence-electron chi connectivity index (χ1n) is 11.7. The van der Waals surface area contributed by atoms with Gasteiger partial charge in [-0.3, -0.25) is 9.69 Å². The van der Waals surface area contributed by atoms with E-state index in [9.17, 15) is 9.90 Å². The Labute approximate surface area is 197 Å². The number of ether oxygens (including phenoxy) is 1. The van der Waals surface area contributed by atoms with Crippen LogP contribution in [0.5, 0.6) is 0 Å². The van der Waals surface area contributed by atoms with Crippen LogP contribution in [0.3, 0.4) is 0 Å². The number of nitriles is 1. The molecule has 2 N–H and O–H groups in total. The van der Waals surface area contributed by atoms with E-state index in [-0.39, 0.29) is 18.4 Å². The van der Waals surface area contributed by atoms with Crippen LogP contribution in [-0.2, 0) is 9.53 Å². The summed E-state index contributed by atoms with van der Waals surface area (Å²) >= 11 is 0. The van der Waals surface area contributed by atoms with Gasteiger partial charge in [0.1, 0.15) is 25.0 Å². The average Bonchev–Trinajstić information content (AvgIpc) is 2.82. The smallest absolute Gasteiger partial charge is 0.250 e. The van der Waals surface area contributed by atoms with Crippen molar-refractivity contribution in [2.45, 2.75) is 57.5 Å². The summed E-state index contributed by atoms with van der Waals surface area (Å²) in [5.74, 6) is 0.326. The number of aliphatic hydroxyl groups excluding tert-OH is 1. The summed E-state index contributed by atoms with van der Waals surface area (Å²) < 4.78 is 6.44. The zero-order valence-corrected chi connectivity index (χ0v) is 19.8. The van der Waals surface area contributed by atoms with Crippen molar-refractivity contribution in [1.82, 2.24) is 10.2 Å². The van der Waals surface area contributed by atoms with Gasteiger partial charge in [0.05, 0.1) is 6.07 Å². The Morgan fingerprint density at radius 1 is 1.18 bits per heavy atom. The largest absolute Gasteiger partial charge is 0.378 e. The van der Waals surface area contributed by atoms with E-state index in [1.807, 2.05) is 48.3 Å². The summed E-state index contributed by atoms with van der Waals surface area (Å²) in [4.78, 5) is 14.7. The maximum absolute atomic E-state index is 12.7. The fourth-order valence-corrected chi connectivity index (χ4v) is 4.34. The molecule has 2 aromatic rings. The molecule has 0 aromatic heterocycles. The van der Waals surface area contributed by atoms with E-state index in [1.165, 1.54) is 5.56 Å². The molecule has 6 heteroatoms. The lowest BCUT2D eigenvalue weighted by atomic mass is 9.87. The van der Waals surface area contributed by atoms with Gasteiger partial charge >= 0.3 is 0 Å². The Hall–Kier alpha value is -2.72. The number of benzene rings is 2. The predicted molar refractivity (Wildman–Crippen MR) is 128 cm³/mol. The molecule has 33 heavy (non-hydrogen) atoms. The number of hydrogen-bond acceptors (Lipinski definition) is 5. The molecule has 176 valence electrons. The van der Waals surface area contributed by atoms with Gasteiger partial charge in [-0.05, 0) is 54.8 Å². The highest BCUT2D eigenvalue weighted by Gasteiger charge is 2.28. The van der Waals surface area contributed by atoms with Gasteiger partial charge in [-0.1, -0.05) is 68.4 Å². The third-order valence-electron chi connectivity index (χ3n) is 6.27. The van der Waals surface area contributed by atoms with Crippen molar-refractivity contribution in [2.24, 2.45) is 5.92 Å². The minimum atomic E-state index is -0.660. The minimum absolute atomic E-state index is 0.0378. The van der Waals surface area contributed by atoms with Crippen LogP contribution in [0, 0.1) is 17.2 Å². The quantitative estimate of drug-likeness (QED) is 0.566. The second-order valence-corrected chi connectivity index (χ2v) is 9.27. The van der Waals surface area contributed by atoms with Crippen LogP contribution in [0.4, 0.5) is 0 Å². The van der Waals surface area contributed by atoms with E-state index < -0.39 is 18.4 Å². The normalized spacial score (nSPS) is 20.7. The molecule has 2 aromatic carbocycles. The summed E-state index contributed by atoms with van der Waals surface area (Å²) in [6.45, 7) is 4.94. The van der Waals surface area contributed by atoms with Gasteiger partial charge in [0.25, 0.3) is 0 Å². The summed E-state index contributed by atoms with van der Waals surface area (Å²) in [5.41, 5.74) is 3.16. The van der Waals surface area contributed by atoms with Crippen molar-refractivity contribution >= 4 is 5.91 Å². The highest BCUT2D eigenvalue weighted by atomic mass is 16.5. The number of nitrogens with zero attached hydrogens (tertiary/aromatic N) is 2. The molecule has 6 nitrogen and oxygen atoms in total. The van der Waals surface area contributed by atoms with Gasteiger partial charge in [0, 0.05) is 6.54 Å². The fourth-order valence-electron chi connectivity index (χ4n) is 4.34. The lowest BCUT2D eigenvalue weighted by Gasteiger charge is -2.34. The molecule has 2 unspecified atom stereocenters. The van der Waals surface area contributed by atoms with Gasteiger partial charge in [0.2, 0.25) is 5.91 Å². The molecule has 1 aliphatic heterocycles. The highest BCUT2D eigenvalue weighted by Crippen LogP contribution is 2.33. The molecule has 1 amide bonds. The molecule has 4 atom stereocenters. The molecule has 1 aliphatic rings. The first kappa shape index (κ1) is 24.9.